The molecule has 0 spiro atoms. The molecule has 0 saturated carbocycles. The topological polar surface area (TPSA) is 74.3 Å². The van der Waals surface area contributed by atoms with Gasteiger partial charge >= 0.3 is 0 Å². The van der Waals surface area contributed by atoms with Gasteiger partial charge in [0, 0.05) is 13.2 Å². The highest BCUT2D eigenvalue weighted by molar-refractivity contribution is 6.32. The Kier molecular flexibility index (Phi) is 5.06. The predicted molar refractivity (Wildman–Crippen MR) is 81.5 cm³/mol. The van der Waals surface area contributed by atoms with Crippen molar-refractivity contribution >= 4 is 11.6 Å². The number of hydrogen-bond donors (Lipinski definition) is 2. The van der Waals surface area contributed by atoms with Gasteiger partial charge in [0.2, 0.25) is 0 Å². The molecule has 1 unspecified atom stereocenters. The summed E-state index contributed by atoms with van der Waals surface area (Å²) in [6.45, 7) is 0. The fourth-order valence-corrected chi connectivity index (χ4v) is 2.52. The van der Waals surface area contributed by atoms with Crippen molar-refractivity contribution in [2.75, 3.05) is 14.2 Å². The Labute approximate surface area is 128 Å². The van der Waals surface area contributed by atoms with Crippen LogP contribution < -0.4 is 20.7 Å². The van der Waals surface area contributed by atoms with Gasteiger partial charge < -0.3 is 9.47 Å². The van der Waals surface area contributed by atoms with Crippen molar-refractivity contribution < 1.29 is 9.47 Å². The van der Waals surface area contributed by atoms with E-state index in [9.17, 15) is 0 Å². The number of aromatic nitrogens is 2. The Morgan fingerprint density at radius 3 is 2.67 bits per heavy atom. The molecule has 7 heteroatoms. The number of benzene rings is 1. The minimum Gasteiger partial charge on any atom is -0.493 e. The normalized spacial score (nSPS) is 12.2. The van der Waals surface area contributed by atoms with E-state index in [0.29, 0.717) is 22.9 Å². The van der Waals surface area contributed by atoms with E-state index in [-0.39, 0.29) is 6.04 Å². The molecule has 0 aliphatic heterocycles. The molecule has 0 radical (unpaired) electrons. The van der Waals surface area contributed by atoms with E-state index in [1.54, 1.807) is 18.9 Å². The van der Waals surface area contributed by atoms with E-state index < -0.39 is 0 Å². The van der Waals surface area contributed by atoms with Crippen LogP contribution in [0.15, 0.2) is 24.5 Å². The second kappa shape index (κ2) is 6.80. The molecule has 0 fully saturated rings. The maximum atomic E-state index is 6.23. The predicted octanol–water partition coefficient (Wildman–Crippen LogP) is 1.84. The molecule has 3 N–H and O–H groups in total. The van der Waals surface area contributed by atoms with Gasteiger partial charge in [0.15, 0.2) is 11.5 Å². The number of nitrogens with two attached hydrogens (primary N) is 1. The second-order valence-electron chi connectivity index (χ2n) is 4.68. The van der Waals surface area contributed by atoms with Gasteiger partial charge in [-0.25, -0.2) is 0 Å². The quantitative estimate of drug-likeness (QED) is 0.629. The highest BCUT2D eigenvalue weighted by Crippen LogP contribution is 2.38. The fraction of sp³-hybridized carbons (Fsp3) is 0.357. The number of hydrogen-bond acceptors (Lipinski definition) is 5. The Morgan fingerprint density at radius 2 is 2.14 bits per heavy atom. The van der Waals surface area contributed by atoms with E-state index in [2.05, 4.69) is 10.5 Å². The average Bonchev–Trinajstić information content (AvgIpc) is 2.89. The van der Waals surface area contributed by atoms with Crippen LogP contribution in [0.1, 0.15) is 17.2 Å². The molecule has 1 heterocycles. The molecule has 0 bridgehead atoms. The van der Waals surface area contributed by atoms with Gasteiger partial charge in [0.05, 0.1) is 31.5 Å². The lowest BCUT2D eigenvalue weighted by molar-refractivity contribution is 0.354. The maximum Gasteiger partial charge on any atom is 0.179 e. The number of halogens is 1. The molecule has 6 nitrogen and oxygen atoms in total. The molecule has 2 aromatic rings. The molecule has 21 heavy (non-hydrogen) atoms. The van der Waals surface area contributed by atoms with Crippen LogP contribution in [0.4, 0.5) is 0 Å². The highest BCUT2D eigenvalue weighted by atomic mass is 35.5. The van der Waals surface area contributed by atoms with Crippen LogP contribution in [0.5, 0.6) is 11.5 Å². The number of methoxy groups -OCH3 is 2. The average molecular weight is 311 g/mol. The molecule has 2 rings (SSSR count). The van der Waals surface area contributed by atoms with Crippen LogP contribution in [-0.2, 0) is 13.5 Å². The van der Waals surface area contributed by atoms with Crippen molar-refractivity contribution in [2.24, 2.45) is 12.9 Å². The first-order chi connectivity index (χ1) is 10.1. The first-order valence-corrected chi connectivity index (χ1v) is 6.82. The van der Waals surface area contributed by atoms with Gasteiger partial charge in [-0.05, 0) is 29.7 Å². The standard InChI is InChI=1S/C14H19ClN4O2/c1-19-8-9(7-17-19)4-12(18-16)10-5-11(15)14(21-3)13(6-10)20-2/h5-8,12,18H,4,16H2,1-3H3. The van der Waals surface area contributed by atoms with Crippen LogP contribution in [0.3, 0.4) is 0 Å². The first kappa shape index (κ1) is 15.6. The molecule has 114 valence electrons. The lowest BCUT2D eigenvalue weighted by atomic mass is 10.0. The summed E-state index contributed by atoms with van der Waals surface area (Å²) < 4.78 is 12.3. The van der Waals surface area contributed by atoms with Gasteiger partial charge in [0.25, 0.3) is 0 Å². The number of rotatable bonds is 6. The zero-order valence-electron chi connectivity index (χ0n) is 12.3. The summed E-state index contributed by atoms with van der Waals surface area (Å²) in [4.78, 5) is 0. The smallest absolute Gasteiger partial charge is 0.179 e. The molecule has 0 saturated heterocycles. The molecule has 1 atom stereocenters. The third-order valence-electron chi connectivity index (χ3n) is 3.26. The SMILES string of the molecule is COc1cc(C(Cc2cnn(C)c2)NN)cc(Cl)c1OC. The van der Waals surface area contributed by atoms with Gasteiger partial charge in [-0.3, -0.25) is 16.0 Å². The fourth-order valence-electron chi connectivity index (χ4n) is 2.23. The number of aryl methyl sites for hydroxylation is 1. The van der Waals surface area contributed by atoms with Gasteiger partial charge in [-0.2, -0.15) is 5.10 Å². The Balaban J connectivity index is 2.31. The lowest BCUT2D eigenvalue weighted by Crippen LogP contribution is -2.29. The van der Waals surface area contributed by atoms with Crippen molar-refractivity contribution in [2.45, 2.75) is 12.5 Å². The van der Waals surface area contributed by atoms with Crippen LogP contribution in [-0.4, -0.2) is 24.0 Å². The van der Waals surface area contributed by atoms with Crippen molar-refractivity contribution in [1.82, 2.24) is 15.2 Å². The molecule has 1 aromatic carbocycles. The van der Waals surface area contributed by atoms with E-state index >= 15 is 0 Å². The number of nitrogens with one attached hydrogen (secondary N) is 1. The number of ether oxygens (including phenoxy) is 2. The Morgan fingerprint density at radius 1 is 1.38 bits per heavy atom. The minimum atomic E-state index is -0.105. The zero-order valence-corrected chi connectivity index (χ0v) is 13.0. The third-order valence-corrected chi connectivity index (χ3v) is 3.54. The van der Waals surface area contributed by atoms with Crippen LogP contribution in [0.2, 0.25) is 5.02 Å². The summed E-state index contributed by atoms with van der Waals surface area (Å²) >= 11 is 6.23. The summed E-state index contributed by atoms with van der Waals surface area (Å²) in [5.74, 6) is 6.77. The van der Waals surface area contributed by atoms with Crippen molar-refractivity contribution in [3.05, 3.63) is 40.7 Å². The summed E-state index contributed by atoms with van der Waals surface area (Å²) in [6, 6.07) is 3.58. The van der Waals surface area contributed by atoms with Crippen LogP contribution in [0.25, 0.3) is 0 Å². The monoisotopic (exact) mass is 310 g/mol. The van der Waals surface area contributed by atoms with Crippen LogP contribution >= 0.6 is 11.6 Å². The van der Waals surface area contributed by atoms with E-state index in [4.69, 9.17) is 26.9 Å². The maximum absolute atomic E-state index is 6.23. The largest absolute Gasteiger partial charge is 0.493 e. The van der Waals surface area contributed by atoms with Crippen LogP contribution in [0, 0.1) is 0 Å². The number of hydrazine groups is 1. The molecule has 1 aromatic heterocycles. The number of nitrogens with zero attached hydrogens (tertiary/aromatic N) is 2. The first-order valence-electron chi connectivity index (χ1n) is 6.44. The summed E-state index contributed by atoms with van der Waals surface area (Å²) in [5, 5.41) is 4.64. The van der Waals surface area contributed by atoms with Crippen molar-refractivity contribution in [1.29, 1.82) is 0 Å². The molecule has 0 amide bonds. The molecular formula is C14H19ClN4O2. The minimum absolute atomic E-state index is 0.105. The van der Waals surface area contributed by atoms with E-state index in [1.165, 1.54) is 0 Å². The highest BCUT2D eigenvalue weighted by Gasteiger charge is 2.17. The lowest BCUT2D eigenvalue weighted by Gasteiger charge is -2.18. The Hall–Kier alpha value is -1.76. The molecule has 0 aliphatic carbocycles. The van der Waals surface area contributed by atoms with Gasteiger partial charge in [-0.15, -0.1) is 0 Å². The molecular weight excluding hydrogens is 292 g/mol. The van der Waals surface area contributed by atoms with Crippen molar-refractivity contribution in [3.8, 4) is 11.5 Å². The van der Waals surface area contributed by atoms with Gasteiger partial charge in [0.1, 0.15) is 0 Å². The van der Waals surface area contributed by atoms with Gasteiger partial charge in [-0.1, -0.05) is 11.6 Å². The van der Waals surface area contributed by atoms with E-state index in [0.717, 1.165) is 11.1 Å². The molecule has 0 aliphatic rings. The van der Waals surface area contributed by atoms with Crippen molar-refractivity contribution in [3.63, 3.8) is 0 Å². The second-order valence-corrected chi connectivity index (χ2v) is 5.09. The summed E-state index contributed by atoms with van der Waals surface area (Å²) in [7, 11) is 5.00. The Bertz CT molecular complexity index is 615. The zero-order chi connectivity index (χ0) is 15.4. The summed E-state index contributed by atoms with van der Waals surface area (Å²) in [6.07, 6.45) is 4.45. The third kappa shape index (κ3) is 3.47. The van der Waals surface area contributed by atoms with E-state index in [1.807, 2.05) is 31.6 Å². The summed E-state index contributed by atoms with van der Waals surface area (Å²) in [5.41, 5.74) is 4.80.